The fourth-order valence-electron chi connectivity index (χ4n) is 1.85. The van der Waals surface area contributed by atoms with E-state index in [1.54, 1.807) is 43.3 Å². The molecule has 0 aliphatic carbocycles. The molecule has 21 heavy (non-hydrogen) atoms. The van der Waals surface area contributed by atoms with Gasteiger partial charge in [-0.2, -0.15) is 5.10 Å². The zero-order valence-electron chi connectivity index (χ0n) is 11.8. The summed E-state index contributed by atoms with van der Waals surface area (Å²) in [5.74, 6) is 0. The number of hydrogen-bond acceptors (Lipinski definition) is 4. The highest BCUT2D eigenvalue weighted by atomic mass is 35.5. The predicted octanol–water partition coefficient (Wildman–Crippen LogP) is 1.27. The van der Waals surface area contributed by atoms with Crippen LogP contribution < -0.4 is 10.0 Å². The van der Waals surface area contributed by atoms with E-state index in [0.717, 1.165) is 11.1 Å². The first kappa shape index (κ1) is 16.0. The Labute approximate surface area is 129 Å². The Hall–Kier alpha value is -1.41. The van der Waals surface area contributed by atoms with Gasteiger partial charge in [-0.05, 0) is 24.7 Å². The van der Waals surface area contributed by atoms with Crippen LogP contribution in [0.15, 0.2) is 35.5 Å². The van der Waals surface area contributed by atoms with Gasteiger partial charge in [0.05, 0.1) is 11.1 Å². The lowest BCUT2D eigenvalue weighted by molar-refractivity contribution is 0.581. The van der Waals surface area contributed by atoms with Gasteiger partial charge in [0.15, 0.2) is 0 Å². The number of aryl methyl sites for hydroxylation is 1. The topological polar surface area (TPSA) is 76.0 Å². The molecule has 0 amide bonds. The smallest absolute Gasteiger partial charge is 0.240 e. The Bertz CT molecular complexity index is 728. The van der Waals surface area contributed by atoms with Crippen molar-refractivity contribution >= 4 is 21.6 Å². The monoisotopic (exact) mass is 328 g/mol. The zero-order chi connectivity index (χ0) is 15.5. The normalized spacial score (nSPS) is 11.8. The minimum Gasteiger partial charge on any atom is -0.316 e. The molecule has 6 nitrogen and oxygen atoms in total. The molecule has 8 heteroatoms. The van der Waals surface area contributed by atoms with Crippen LogP contribution in [0.2, 0.25) is 5.02 Å². The summed E-state index contributed by atoms with van der Waals surface area (Å²) in [4.78, 5) is 0.149. The molecule has 0 unspecified atom stereocenters. The molecule has 1 aromatic carbocycles. The van der Waals surface area contributed by atoms with Crippen molar-refractivity contribution in [3.8, 4) is 0 Å². The van der Waals surface area contributed by atoms with E-state index in [-0.39, 0.29) is 11.4 Å². The van der Waals surface area contributed by atoms with Crippen LogP contribution in [-0.4, -0.2) is 25.2 Å². The molecule has 1 heterocycles. The van der Waals surface area contributed by atoms with Crippen LogP contribution >= 0.6 is 11.6 Å². The number of halogens is 1. The number of nitrogens with one attached hydrogen (secondary N) is 2. The van der Waals surface area contributed by atoms with Crippen molar-refractivity contribution in [1.29, 1.82) is 0 Å². The van der Waals surface area contributed by atoms with Gasteiger partial charge in [-0.1, -0.05) is 17.7 Å². The molecular formula is C13H17ClN4O2S. The van der Waals surface area contributed by atoms with E-state index in [1.807, 2.05) is 0 Å². The molecule has 2 N–H and O–H groups in total. The molecule has 0 aliphatic heterocycles. The van der Waals surface area contributed by atoms with E-state index in [0.29, 0.717) is 11.6 Å². The van der Waals surface area contributed by atoms with Gasteiger partial charge in [0, 0.05) is 36.9 Å². The molecule has 0 radical (unpaired) electrons. The lowest BCUT2D eigenvalue weighted by Gasteiger charge is -2.08. The van der Waals surface area contributed by atoms with Crippen molar-refractivity contribution in [2.45, 2.75) is 18.0 Å². The molecule has 0 bridgehead atoms. The average Bonchev–Trinajstić information content (AvgIpc) is 2.85. The number of aromatic nitrogens is 2. The Morgan fingerprint density at radius 1 is 1.33 bits per heavy atom. The summed E-state index contributed by atoms with van der Waals surface area (Å²) < 4.78 is 28.6. The first-order valence-corrected chi connectivity index (χ1v) is 8.18. The largest absolute Gasteiger partial charge is 0.316 e. The van der Waals surface area contributed by atoms with Crippen molar-refractivity contribution in [2.24, 2.45) is 7.05 Å². The first-order valence-electron chi connectivity index (χ1n) is 6.32. The van der Waals surface area contributed by atoms with Crippen LogP contribution in [0.3, 0.4) is 0 Å². The van der Waals surface area contributed by atoms with Gasteiger partial charge in [-0.3, -0.25) is 4.68 Å². The summed E-state index contributed by atoms with van der Waals surface area (Å²) in [6.07, 6.45) is 3.37. The van der Waals surface area contributed by atoms with Crippen molar-refractivity contribution < 1.29 is 8.42 Å². The highest BCUT2D eigenvalue weighted by Crippen LogP contribution is 2.21. The van der Waals surface area contributed by atoms with Crippen molar-refractivity contribution in [3.05, 3.63) is 46.7 Å². The SMILES string of the molecule is CNCc1ccc(S(=O)(=O)NCc2cnn(C)c2)cc1Cl. The first-order chi connectivity index (χ1) is 9.92. The maximum Gasteiger partial charge on any atom is 0.240 e. The molecule has 0 fully saturated rings. The molecule has 0 spiro atoms. The van der Waals surface area contributed by atoms with Crippen LogP contribution in [-0.2, 0) is 30.2 Å². The maximum absolute atomic E-state index is 12.2. The van der Waals surface area contributed by atoms with Crippen LogP contribution in [0, 0.1) is 0 Å². The van der Waals surface area contributed by atoms with Crippen molar-refractivity contribution in [3.63, 3.8) is 0 Å². The molecule has 0 saturated heterocycles. The molecule has 1 aromatic heterocycles. The summed E-state index contributed by atoms with van der Waals surface area (Å²) in [7, 11) is -0.0172. The summed E-state index contributed by atoms with van der Waals surface area (Å²) >= 11 is 6.09. The quantitative estimate of drug-likeness (QED) is 0.837. The lowest BCUT2D eigenvalue weighted by Crippen LogP contribution is -2.23. The Balaban J connectivity index is 2.13. The van der Waals surface area contributed by atoms with Gasteiger partial charge in [-0.15, -0.1) is 0 Å². The van der Waals surface area contributed by atoms with Gasteiger partial charge in [-0.25, -0.2) is 13.1 Å². The Kier molecular flexibility index (Phi) is 5.00. The molecule has 114 valence electrons. The van der Waals surface area contributed by atoms with Crippen LogP contribution in [0.5, 0.6) is 0 Å². The van der Waals surface area contributed by atoms with E-state index in [1.165, 1.54) is 6.07 Å². The number of sulfonamides is 1. The van der Waals surface area contributed by atoms with Gasteiger partial charge >= 0.3 is 0 Å². The van der Waals surface area contributed by atoms with E-state index >= 15 is 0 Å². The molecule has 2 rings (SSSR count). The average molecular weight is 329 g/mol. The molecular weight excluding hydrogens is 312 g/mol. The summed E-state index contributed by atoms with van der Waals surface area (Å²) in [5, 5.41) is 7.39. The van der Waals surface area contributed by atoms with Crippen LogP contribution in [0.1, 0.15) is 11.1 Å². The highest BCUT2D eigenvalue weighted by molar-refractivity contribution is 7.89. The third-order valence-electron chi connectivity index (χ3n) is 2.93. The Morgan fingerprint density at radius 2 is 2.10 bits per heavy atom. The second-order valence-corrected chi connectivity index (χ2v) is 6.80. The number of benzene rings is 1. The third kappa shape index (κ3) is 4.04. The lowest BCUT2D eigenvalue weighted by atomic mass is 10.2. The fourth-order valence-corrected chi connectivity index (χ4v) is 3.21. The number of rotatable bonds is 6. The van der Waals surface area contributed by atoms with Crippen LogP contribution in [0.25, 0.3) is 0 Å². The second-order valence-electron chi connectivity index (χ2n) is 4.63. The van der Waals surface area contributed by atoms with Crippen molar-refractivity contribution in [2.75, 3.05) is 7.05 Å². The second kappa shape index (κ2) is 6.57. The van der Waals surface area contributed by atoms with Crippen LogP contribution in [0.4, 0.5) is 0 Å². The van der Waals surface area contributed by atoms with Gasteiger partial charge in [0.25, 0.3) is 0 Å². The number of hydrogen-bond donors (Lipinski definition) is 2. The highest BCUT2D eigenvalue weighted by Gasteiger charge is 2.15. The molecule has 0 atom stereocenters. The van der Waals surface area contributed by atoms with Crippen molar-refractivity contribution in [1.82, 2.24) is 19.8 Å². The zero-order valence-corrected chi connectivity index (χ0v) is 13.4. The summed E-state index contributed by atoms with van der Waals surface area (Å²) in [5.41, 5.74) is 1.64. The summed E-state index contributed by atoms with van der Waals surface area (Å²) in [6, 6.07) is 4.71. The predicted molar refractivity (Wildman–Crippen MR) is 81.4 cm³/mol. The van der Waals surface area contributed by atoms with E-state index in [2.05, 4.69) is 15.1 Å². The minimum atomic E-state index is -3.60. The van der Waals surface area contributed by atoms with E-state index < -0.39 is 10.0 Å². The molecule has 0 saturated carbocycles. The summed E-state index contributed by atoms with van der Waals surface area (Å²) in [6.45, 7) is 0.772. The molecule has 2 aromatic rings. The van der Waals surface area contributed by atoms with E-state index in [9.17, 15) is 8.42 Å². The standard InChI is InChI=1S/C13H17ClN4O2S/c1-15-8-11-3-4-12(5-13(11)14)21(19,20)17-7-10-6-16-18(2)9-10/h3-6,9,15,17H,7-8H2,1-2H3. The minimum absolute atomic E-state index is 0.149. The Morgan fingerprint density at radius 3 is 2.67 bits per heavy atom. The number of nitrogens with zero attached hydrogens (tertiary/aromatic N) is 2. The maximum atomic E-state index is 12.2. The fraction of sp³-hybridized carbons (Fsp3) is 0.308. The van der Waals surface area contributed by atoms with Gasteiger partial charge < -0.3 is 5.32 Å². The molecule has 0 aliphatic rings. The van der Waals surface area contributed by atoms with Gasteiger partial charge in [0.1, 0.15) is 0 Å². The third-order valence-corrected chi connectivity index (χ3v) is 4.68. The van der Waals surface area contributed by atoms with Gasteiger partial charge in [0.2, 0.25) is 10.0 Å². The van der Waals surface area contributed by atoms with E-state index in [4.69, 9.17) is 11.6 Å².